The van der Waals surface area contributed by atoms with Crippen molar-refractivity contribution >= 4 is 15.9 Å². The zero-order chi connectivity index (χ0) is 16.4. The lowest BCUT2D eigenvalue weighted by atomic mass is 9.88. The maximum atomic E-state index is 4.93. The highest BCUT2D eigenvalue weighted by molar-refractivity contribution is 9.10. The van der Waals surface area contributed by atoms with Crippen LogP contribution in [0.3, 0.4) is 0 Å². The fraction of sp³-hybridized carbons (Fsp3) is 0.526. The van der Waals surface area contributed by atoms with E-state index in [-0.39, 0.29) is 0 Å². The van der Waals surface area contributed by atoms with Gasteiger partial charge in [-0.2, -0.15) is 0 Å². The summed E-state index contributed by atoms with van der Waals surface area (Å²) in [7, 11) is 0. The third-order valence-corrected chi connectivity index (χ3v) is 5.67. The molecule has 0 aromatic carbocycles. The van der Waals surface area contributed by atoms with Gasteiger partial charge in [-0.1, -0.05) is 25.3 Å². The molecule has 5 heteroatoms. The molecule has 0 spiro atoms. The highest BCUT2D eigenvalue weighted by atomic mass is 79.9. The Kier molecular flexibility index (Phi) is 4.90. The van der Waals surface area contributed by atoms with Crippen LogP contribution < -0.4 is 0 Å². The van der Waals surface area contributed by atoms with Gasteiger partial charge in [-0.25, -0.2) is 15.0 Å². The second kappa shape index (κ2) is 7.28. The molecule has 126 valence electrons. The van der Waals surface area contributed by atoms with E-state index in [1.165, 1.54) is 48.9 Å². The van der Waals surface area contributed by atoms with Crippen molar-refractivity contribution in [2.45, 2.75) is 57.5 Å². The predicted molar refractivity (Wildman–Crippen MR) is 97.6 cm³/mol. The Morgan fingerprint density at radius 1 is 1.08 bits per heavy atom. The Morgan fingerprint density at radius 3 is 2.75 bits per heavy atom. The number of fused-ring (bicyclic) bond motifs is 1. The normalized spacial score (nSPS) is 19.2. The second-order valence-electron chi connectivity index (χ2n) is 6.98. The molecule has 0 radical (unpaired) electrons. The van der Waals surface area contributed by atoms with E-state index >= 15 is 0 Å². The predicted octanol–water partition coefficient (Wildman–Crippen LogP) is 4.24. The Bertz CT molecular complexity index is 695. The average Bonchev–Trinajstić information content (AvgIpc) is 2.64. The van der Waals surface area contributed by atoms with Crippen LogP contribution in [0.2, 0.25) is 0 Å². The smallest absolute Gasteiger partial charge is 0.131 e. The minimum Gasteiger partial charge on any atom is -0.294 e. The van der Waals surface area contributed by atoms with Crippen molar-refractivity contribution in [1.82, 2.24) is 19.9 Å². The maximum Gasteiger partial charge on any atom is 0.131 e. The number of pyridine rings is 1. The van der Waals surface area contributed by atoms with Crippen LogP contribution in [0.4, 0.5) is 0 Å². The second-order valence-corrected chi connectivity index (χ2v) is 7.80. The fourth-order valence-corrected chi connectivity index (χ4v) is 4.08. The summed E-state index contributed by atoms with van der Waals surface area (Å²) in [6.07, 6.45) is 11.6. The van der Waals surface area contributed by atoms with Crippen molar-refractivity contribution in [2.75, 3.05) is 6.54 Å². The van der Waals surface area contributed by atoms with Crippen LogP contribution in [0.15, 0.2) is 29.1 Å². The van der Waals surface area contributed by atoms with Crippen LogP contribution in [-0.2, 0) is 19.5 Å². The van der Waals surface area contributed by atoms with Crippen LogP contribution in [0.25, 0.3) is 0 Å². The van der Waals surface area contributed by atoms with E-state index in [1.54, 1.807) is 0 Å². The summed E-state index contributed by atoms with van der Waals surface area (Å²) in [5, 5.41) is 0. The number of halogens is 1. The average molecular weight is 387 g/mol. The third kappa shape index (κ3) is 3.67. The number of rotatable bonds is 3. The van der Waals surface area contributed by atoms with Gasteiger partial charge in [-0.3, -0.25) is 4.90 Å². The Hall–Kier alpha value is -1.33. The van der Waals surface area contributed by atoms with E-state index in [0.717, 1.165) is 36.5 Å². The summed E-state index contributed by atoms with van der Waals surface area (Å²) in [4.78, 5) is 16.4. The lowest BCUT2D eigenvalue weighted by Gasteiger charge is -2.29. The summed E-state index contributed by atoms with van der Waals surface area (Å²) in [6.45, 7) is 2.94. The summed E-state index contributed by atoms with van der Waals surface area (Å²) >= 11 is 3.39. The Balaban J connectivity index is 1.44. The molecule has 0 unspecified atom stereocenters. The first-order valence-electron chi connectivity index (χ1n) is 8.95. The molecule has 4 nitrogen and oxygen atoms in total. The fourth-order valence-electron chi connectivity index (χ4n) is 3.84. The van der Waals surface area contributed by atoms with Crippen molar-refractivity contribution in [3.63, 3.8) is 0 Å². The summed E-state index contributed by atoms with van der Waals surface area (Å²) in [5.41, 5.74) is 3.82. The summed E-state index contributed by atoms with van der Waals surface area (Å²) < 4.78 is 0.888. The molecule has 3 heterocycles. The lowest BCUT2D eigenvalue weighted by Crippen LogP contribution is -2.31. The van der Waals surface area contributed by atoms with Gasteiger partial charge in [0.05, 0.1) is 0 Å². The van der Waals surface area contributed by atoms with E-state index in [2.05, 4.69) is 38.1 Å². The topological polar surface area (TPSA) is 41.9 Å². The van der Waals surface area contributed by atoms with Crippen LogP contribution in [0.5, 0.6) is 0 Å². The molecular formula is C19H23BrN4. The Labute approximate surface area is 151 Å². The van der Waals surface area contributed by atoms with E-state index in [4.69, 9.17) is 9.97 Å². The van der Waals surface area contributed by atoms with Crippen LogP contribution in [0, 0.1) is 0 Å². The zero-order valence-electron chi connectivity index (χ0n) is 13.9. The molecular weight excluding hydrogens is 364 g/mol. The first-order valence-corrected chi connectivity index (χ1v) is 9.75. The van der Waals surface area contributed by atoms with E-state index in [9.17, 15) is 0 Å². The van der Waals surface area contributed by atoms with Gasteiger partial charge in [0.15, 0.2) is 0 Å². The molecule has 4 rings (SSSR count). The molecule has 0 N–H and O–H groups in total. The number of hydrogen-bond donors (Lipinski definition) is 0. The lowest BCUT2D eigenvalue weighted by molar-refractivity contribution is 0.242. The molecule has 1 aliphatic heterocycles. The van der Waals surface area contributed by atoms with Crippen molar-refractivity contribution in [1.29, 1.82) is 0 Å². The highest BCUT2D eigenvalue weighted by Crippen LogP contribution is 2.31. The van der Waals surface area contributed by atoms with Gasteiger partial charge in [0, 0.05) is 55.6 Å². The molecule has 1 fully saturated rings. The number of hydrogen-bond acceptors (Lipinski definition) is 4. The molecule has 2 aromatic heterocycles. The third-order valence-electron chi connectivity index (χ3n) is 5.20. The summed E-state index contributed by atoms with van der Waals surface area (Å²) in [5.74, 6) is 1.69. The van der Waals surface area contributed by atoms with E-state index < -0.39 is 0 Å². The SMILES string of the molecule is Brc1ccc(CN2CCc3nc(C4CCCCC4)ncc3C2)cn1. The molecule has 0 saturated heterocycles. The van der Waals surface area contributed by atoms with Crippen LogP contribution in [-0.4, -0.2) is 26.4 Å². The standard InChI is InChI=1S/C19H23BrN4/c20-18-7-6-14(10-21-18)12-24-9-8-17-16(13-24)11-22-19(23-17)15-4-2-1-3-5-15/h6-7,10-11,15H,1-5,8-9,12-13H2. The van der Waals surface area contributed by atoms with Gasteiger partial charge in [0.2, 0.25) is 0 Å². The monoisotopic (exact) mass is 386 g/mol. The first-order chi connectivity index (χ1) is 11.8. The minimum atomic E-state index is 0.593. The van der Waals surface area contributed by atoms with Gasteiger partial charge in [-0.15, -0.1) is 0 Å². The highest BCUT2D eigenvalue weighted by Gasteiger charge is 2.22. The maximum absolute atomic E-state index is 4.93. The minimum absolute atomic E-state index is 0.593. The molecule has 24 heavy (non-hydrogen) atoms. The summed E-state index contributed by atoms with van der Waals surface area (Å²) in [6, 6.07) is 4.14. The largest absolute Gasteiger partial charge is 0.294 e. The van der Waals surface area contributed by atoms with Crippen molar-refractivity contribution in [3.8, 4) is 0 Å². The van der Waals surface area contributed by atoms with Crippen molar-refractivity contribution in [3.05, 3.63) is 51.8 Å². The number of aromatic nitrogens is 3. The van der Waals surface area contributed by atoms with Crippen LogP contribution in [0.1, 0.15) is 60.7 Å². The number of nitrogens with zero attached hydrogens (tertiary/aromatic N) is 4. The first kappa shape index (κ1) is 16.2. The Morgan fingerprint density at radius 2 is 1.96 bits per heavy atom. The molecule has 0 bridgehead atoms. The molecule has 2 aliphatic rings. The molecule has 1 aliphatic carbocycles. The van der Waals surface area contributed by atoms with E-state index in [0.29, 0.717) is 5.92 Å². The van der Waals surface area contributed by atoms with Gasteiger partial charge < -0.3 is 0 Å². The zero-order valence-corrected chi connectivity index (χ0v) is 15.5. The van der Waals surface area contributed by atoms with Crippen molar-refractivity contribution in [2.24, 2.45) is 0 Å². The molecule has 0 atom stereocenters. The van der Waals surface area contributed by atoms with Gasteiger partial charge >= 0.3 is 0 Å². The van der Waals surface area contributed by atoms with Crippen molar-refractivity contribution < 1.29 is 0 Å². The molecule has 2 aromatic rings. The quantitative estimate of drug-likeness (QED) is 0.739. The van der Waals surface area contributed by atoms with Gasteiger partial charge in [0.25, 0.3) is 0 Å². The van der Waals surface area contributed by atoms with Gasteiger partial charge in [-0.05, 0) is 40.4 Å². The van der Waals surface area contributed by atoms with Crippen LogP contribution >= 0.6 is 15.9 Å². The molecule has 1 saturated carbocycles. The molecule has 0 amide bonds. The van der Waals surface area contributed by atoms with E-state index in [1.807, 2.05) is 12.3 Å². The van der Waals surface area contributed by atoms with Gasteiger partial charge in [0.1, 0.15) is 10.4 Å².